The molecule has 0 unspecified atom stereocenters. The van der Waals surface area contributed by atoms with E-state index in [1.54, 1.807) is 17.8 Å². The summed E-state index contributed by atoms with van der Waals surface area (Å²) in [4.78, 5) is 1.14. The minimum Gasteiger partial charge on any atom is -0.384 e. The summed E-state index contributed by atoms with van der Waals surface area (Å²) in [5.74, 6) is 0.680. The fraction of sp³-hybridized carbons (Fsp3) is 0.143. The van der Waals surface area contributed by atoms with Gasteiger partial charge in [-0.15, -0.1) is 11.8 Å². The van der Waals surface area contributed by atoms with E-state index in [0.29, 0.717) is 0 Å². The van der Waals surface area contributed by atoms with Crippen LogP contribution in [0.15, 0.2) is 53.4 Å². The van der Waals surface area contributed by atoms with E-state index >= 15 is 0 Å². The third-order valence-electron chi connectivity index (χ3n) is 2.32. The van der Waals surface area contributed by atoms with Gasteiger partial charge in [0.2, 0.25) is 0 Å². The zero-order valence-corrected chi connectivity index (χ0v) is 11.3. The molecule has 0 saturated carbocycles. The Bertz CT molecular complexity index is 471. The van der Waals surface area contributed by atoms with Crippen molar-refractivity contribution >= 4 is 29.1 Å². The lowest BCUT2D eigenvalue weighted by Gasteiger charge is -2.06. The molecule has 0 amide bonds. The molecule has 2 rings (SSSR count). The molecule has 0 aliphatic rings. The van der Waals surface area contributed by atoms with Gasteiger partial charge in [0.1, 0.15) is 5.82 Å². The quantitative estimate of drug-likeness (QED) is 0.631. The molecule has 0 atom stereocenters. The minimum atomic E-state index is -0.220. The lowest BCUT2D eigenvalue weighted by Crippen LogP contribution is -2.03. The van der Waals surface area contributed by atoms with Crippen molar-refractivity contribution in [3.05, 3.63) is 59.4 Å². The van der Waals surface area contributed by atoms with Gasteiger partial charge >= 0.3 is 0 Å². The monoisotopic (exact) mass is 281 g/mol. The highest BCUT2D eigenvalue weighted by atomic mass is 35.5. The smallest absolute Gasteiger partial charge is 0.125 e. The number of thioether (sulfide) groups is 1. The van der Waals surface area contributed by atoms with Crippen LogP contribution in [0, 0.1) is 5.82 Å². The Labute approximate surface area is 115 Å². The third-order valence-corrected chi connectivity index (χ3v) is 3.55. The Morgan fingerprint density at radius 3 is 2.72 bits per heavy atom. The molecule has 0 saturated heterocycles. The summed E-state index contributed by atoms with van der Waals surface area (Å²) in [6.07, 6.45) is 0. The second-order valence-corrected chi connectivity index (χ2v) is 5.35. The van der Waals surface area contributed by atoms with E-state index in [9.17, 15) is 4.39 Å². The van der Waals surface area contributed by atoms with E-state index in [2.05, 4.69) is 5.32 Å². The van der Waals surface area contributed by atoms with Crippen LogP contribution in [-0.2, 0) is 0 Å². The van der Waals surface area contributed by atoms with Crippen molar-refractivity contribution in [1.82, 2.24) is 0 Å². The van der Waals surface area contributed by atoms with Crippen LogP contribution in [-0.4, -0.2) is 12.3 Å². The zero-order chi connectivity index (χ0) is 12.8. The molecule has 0 bridgehead atoms. The standard InChI is InChI=1S/C14H13ClFNS/c15-11-3-1-6-14(9-11)18-8-7-17-13-5-2-4-12(16)10-13/h1-6,9-10,17H,7-8H2. The molecule has 4 heteroatoms. The molecular weight excluding hydrogens is 269 g/mol. The topological polar surface area (TPSA) is 12.0 Å². The Morgan fingerprint density at radius 2 is 1.94 bits per heavy atom. The van der Waals surface area contributed by atoms with Crippen LogP contribution in [0.1, 0.15) is 0 Å². The van der Waals surface area contributed by atoms with E-state index in [-0.39, 0.29) is 5.82 Å². The van der Waals surface area contributed by atoms with Gasteiger partial charge in [0, 0.05) is 27.9 Å². The van der Waals surface area contributed by atoms with E-state index in [1.807, 2.05) is 30.3 Å². The first-order valence-electron chi connectivity index (χ1n) is 5.62. The second-order valence-electron chi connectivity index (χ2n) is 3.74. The number of rotatable bonds is 5. The molecule has 0 aliphatic carbocycles. The lowest BCUT2D eigenvalue weighted by atomic mass is 10.3. The van der Waals surface area contributed by atoms with E-state index in [1.165, 1.54) is 12.1 Å². The summed E-state index contributed by atoms with van der Waals surface area (Å²) in [5, 5.41) is 3.92. The van der Waals surface area contributed by atoms with Crippen LogP contribution in [0.2, 0.25) is 5.02 Å². The molecule has 1 N–H and O–H groups in total. The van der Waals surface area contributed by atoms with Crippen LogP contribution in [0.5, 0.6) is 0 Å². The Balaban J connectivity index is 1.76. The number of nitrogens with one attached hydrogen (secondary N) is 1. The number of halogens is 2. The summed E-state index contributed by atoms with van der Waals surface area (Å²) >= 11 is 7.62. The van der Waals surface area contributed by atoms with Gasteiger partial charge in [-0.25, -0.2) is 4.39 Å². The average molecular weight is 282 g/mol. The summed E-state index contributed by atoms with van der Waals surface area (Å²) in [6, 6.07) is 14.2. The Morgan fingerprint density at radius 1 is 1.11 bits per heavy atom. The number of benzene rings is 2. The number of anilines is 1. The van der Waals surface area contributed by atoms with Crippen molar-refractivity contribution in [3.63, 3.8) is 0 Å². The van der Waals surface area contributed by atoms with Gasteiger partial charge in [0.25, 0.3) is 0 Å². The van der Waals surface area contributed by atoms with E-state index < -0.39 is 0 Å². The van der Waals surface area contributed by atoms with E-state index in [0.717, 1.165) is 27.9 Å². The summed E-state index contributed by atoms with van der Waals surface area (Å²) in [7, 11) is 0. The van der Waals surface area contributed by atoms with Crippen molar-refractivity contribution in [1.29, 1.82) is 0 Å². The average Bonchev–Trinajstić information content (AvgIpc) is 2.35. The van der Waals surface area contributed by atoms with Crippen molar-refractivity contribution in [2.24, 2.45) is 0 Å². The zero-order valence-electron chi connectivity index (χ0n) is 9.70. The van der Waals surface area contributed by atoms with Gasteiger partial charge in [-0.3, -0.25) is 0 Å². The summed E-state index contributed by atoms with van der Waals surface area (Å²) in [5.41, 5.74) is 0.807. The largest absolute Gasteiger partial charge is 0.384 e. The van der Waals surface area contributed by atoms with Gasteiger partial charge in [0.05, 0.1) is 0 Å². The first-order valence-corrected chi connectivity index (χ1v) is 6.98. The van der Waals surface area contributed by atoms with Gasteiger partial charge in [-0.2, -0.15) is 0 Å². The fourth-order valence-electron chi connectivity index (χ4n) is 1.52. The van der Waals surface area contributed by atoms with Gasteiger partial charge in [0.15, 0.2) is 0 Å². The van der Waals surface area contributed by atoms with Gasteiger partial charge in [-0.05, 0) is 36.4 Å². The molecule has 0 heterocycles. The Hall–Kier alpha value is -1.19. The maximum absolute atomic E-state index is 12.9. The molecule has 18 heavy (non-hydrogen) atoms. The molecule has 94 valence electrons. The number of hydrogen-bond acceptors (Lipinski definition) is 2. The third kappa shape index (κ3) is 4.24. The highest BCUT2D eigenvalue weighted by Gasteiger charge is 1.96. The van der Waals surface area contributed by atoms with Crippen LogP contribution >= 0.6 is 23.4 Å². The van der Waals surface area contributed by atoms with Crippen LogP contribution in [0.4, 0.5) is 10.1 Å². The molecule has 0 aromatic heterocycles. The van der Waals surface area contributed by atoms with Crippen molar-refractivity contribution < 1.29 is 4.39 Å². The number of hydrogen-bond donors (Lipinski definition) is 1. The molecular formula is C14H13ClFNS. The van der Waals surface area contributed by atoms with Crippen LogP contribution in [0.3, 0.4) is 0 Å². The fourth-order valence-corrected chi connectivity index (χ4v) is 2.60. The van der Waals surface area contributed by atoms with Crippen LogP contribution < -0.4 is 5.32 Å². The Kier molecular flexibility index (Phi) is 4.90. The second kappa shape index (κ2) is 6.66. The first kappa shape index (κ1) is 13.2. The molecule has 2 aromatic rings. The predicted octanol–water partition coefficient (Wildman–Crippen LogP) is 4.68. The minimum absolute atomic E-state index is 0.220. The molecule has 2 aromatic carbocycles. The molecule has 0 spiro atoms. The molecule has 1 nitrogen and oxygen atoms in total. The maximum atomic E-state index is 12.9. The normalized spacial score (nSPS) is 10.3. The highest BCUT2D eigenvalue weighted by Crippen LogP contribution is 2.21. The van der Waals surface area contributed by atoms with Crippen LogP contribution in [0.25, 0.3) is 0 Å². The first-order chi connectivity index (χ1) is 8.74. The maximum Gasteiger partial charge on any atom is 0.125 e. The molecule has 0 aliphatic heterocycles. The summed E-state index contributed by atoms with van der Waals surface area (Å²) < 4.78 is 12.9. The lowest BCUT2D eigenvalue weighted by molar-refractivity contribution is 0.628. The molecule has 0 fully saturated rings. The summed E-state index contributed by atoms with van der Waals surface area (Å²) in [6.45, 7) is 0.778. The molecule has 0 radical (unpaired) electrons. The van der Waals surface area contributed by atoms with Crippen molar-refractivity contribution in [3.8, 4) is 0 Å². The SMILES string of the molecule is Fc1cccc(NCCSc2cccc(Cl)c2)c1. The van der Waals surface area contributed by atoms with E-state index in [4.69, 9.17) is 11.6 Å². The van der Waals surface area contributed by atoms with Gasteiger partial charge < -0.3 is 5.32 Å². The van der Waals surface area contributed by atoms with Crippen molar-refractivity contribution in [2.45, 2.75) is 4.90 Å². The highest BCUT2D eigenvalue weighted by molar-refractivity contribution is 7.99. The van der Waals surface area contributed by atoms with Crippen molar-refractivity contribution in [2.75, 3.05) is 17.6 Å². The van der Waals surface area contributed by atoms with Gasteiger partial charge in [-0.1, -0.05) is 23.7 Å². The predicted molar refractivity (Wildman–Crippen MR) is 77.1 cm³/mol.